The molecular formula is C64H83ClN16O7P2S. The second-order valence-electron chi connectivity index (χ2n) is 17.2. The van der Waals surface area contributed by atoms with Gasteiger partial charge in [-0.3, -0.25) is 36.9 Å². The minimum absolute atomic E-state index is 0. The molecule has 1 aromatic heterocycles. The van der Waals surface area contributed by atoms with Crippen molar-refractivity contribution < 1.29 is 42.6 Å². The molecule has 0 aliphatic heterocycles. The van der Waals surface area contributed by atoms with Crippen LogP contribution in [0.15, 0.2) is 229 Å². The number of aromatic nitrogens is 3. The number of nitro benzene ring substituents is 2. The van der Waals surface area contributed by atoms with Crippen LogP contribution in [0.5, 0.6) is 0 Å². The predicted molar refractivity (Wildman–Crippen MR) is 376 cm³/mol. The van der Waals surface area contributed by atoms with Crippen LogP contribution in [0.1, 0.15) is 58.2 Å². The number of nitrogens with two attached hydrogens (primary N) is 5. The minimum Gasteiger partial charge on any atom is -1.00 e. The zero-order chi connectivity index (χ0) is 66.7. The van der Waals surface area contributed by atoms with Crippen LogP contribution in [-0.4, -0.2) is 97.2 Å². The Morgan fingerprint density at radius 2 is 0.934 bits per heavy atom. The summed E-state index contributed by atoms with van der Waals surface area (Å²) in [6.07, 6.45) is 0. The lowest BCUT2D eigenvalue weighted by Crippen LogP contribution is -3.00. The number of hydrogen-bond acceptors (Lipinski definition) is 19. The van der Waals surface area contributed by atoms with Gasteiger partial charge < -0.3 is 54.9 Å². The van der Waals surface area contributed by atoms with Gasteiger partial charge in [0, 0.05) is 42.0 Å². The second-order valence-corrected chi connectivity index (χ2v) is 20.0. The number of aliphatic hydroxyl groups is 2. The number of para-hydroxylation sites is 7. The molecule has 0 aliphatic rings. The number of ether oxygens (including phenoxy) is 1. The standard InChI is InChI=1S/C13H12N4O2.C13H14N4.C13H9N3.C9H11NO.C6H7N3O2.C6H15N.2C2H6O.ClH.H2P2S/c14-13(10-6-2-1-3-7-10)16-15-11-8-4-5-9-12(11)17(18)19;14-11-8-4-5-9-12(11)16-17-13(15)10-6-2-1-3-7-10;1-2-6-10(7-3-1)13-14-11-8-4-5-9-12(11)15-16-13;1-2-11-9(10)8-6-4-3-5-7-8;7-8-5-3-1-2-4-6(5)9(10)11;1-4-7(5-2)6-3;2*1-2-3;;1-2-3/h1-9,15H,(H2,14,16);1-9,16H,14H2,(H2,15,17);1-9H;3-7,10H,2H2,1H3;1-4,8H,7H2;4-6H2,1-3H3;2*3H,2H2,1H3;1H;1H2. The number of nitrogens with zero attached hydrogens (tertiary/aromatic N) is 8. The van der Waals surface area contributed by atoms with E-state index in [2.05, 4.69) is 88.1 Å². The Hall–Kier alpha value is -9.48. The highest BCUT2D eigenvalue weighted by Crippen LogP contribution is 2.24. The van der Waals surface area contributed by atoms with Gasteiger partial charge in [-0.1, -0.05) is 199 Å². The van der Waals surface area contributed by atoms with Crippen molar-refractivity contribution in [3.8, 4) is 11.4 Å². The first kappa shape index (κ1) is 81.5. The van der Waals surface area contributed by atoms with Gasteiger partial charge in [0.1, 0.15) is 16.9 Å². The van der Waals surface area contributed by atoms with Gasteiger partial charge in [0.2, 0.25) is 0 Å². The molecule has 0 radical (unpaired) electrons. The molecule has 27 heteroatoms. The molecular weight excluding hydrogens is 1230 g/mol. The third kappa shape index (κ3) is 34.2. The van der Waals surface area contributed by atoms with Crippen LogP contribution in [0, 0.1) is 20.2 Å². The minimum atomic E-state index is -0.491. The summed E-state index contributed by atoms with van der Waals surface area (Å²) >= 11 is 4.33. The molecule has 0 saturated carbocycles. The molecule has 1 atom stereocenters. The average molecular weight is 1320 g/mol. The number of nitro groups is 2. The van der Waals surface area contributed by atoms with Gasteiger partial charge in [-0.05, 0) is 96.0 Å². The van der Waals surface area contributed by atoms with Crippen molar-refractivity contribution in [1.82, 2.24) is 20.1 Å². The van der Waals surface area contributed by atoms with Crippen molar-refractivity contribution in [2.24, 2.45) is 27.5 Å². The number of amidine groups is 2. The number of aliphatic hydroxyl groups excluding tert-OH is 2. The number of hydrogen-bond donors (Lipinski definition) is 10. The third-order valence-corrected chi connectivity index (χ3v) is 11.1. The molecule has 9 aromatic rings. The summed E-state index contributed by atoms with van der Waals surface area (Å²) in [5.41, 5.74) is 32.3. The van der Waals surface area contributed by atoms with Crippen LogP contribution in [-0.2, 0) is 16.5 Å². The van der Waals surface area contributed by atoms with E-state index in [4.69, 9.17) is 43.4 Å². The van der Waals surface area contributed by atoms with Gasteiger partial charge in [-0.25, -0.2) is 10.4 Å². The summed E-state index contributed by atoms with van der Waals surface area (Å²) < 4.78 is 5.12. The highest BCUT2D eigenvalue weighted by atomic mass is 35.5. The molecule has 0 spiro atoms. The first-order chi connectivity index (χ1) is 43.6. The van der Waals surface area contributed by atoms with E-state index in [9.17, 15) is 20.2 Å². The van der Waals surface area contributed by atoms with Gasteiger partial charge in [-0.15, -0.1) is 10.2 Å². The zero-order valence-electron chi connectivity index (χ0n) is 51.7. The van der Waals surface area contributed by atoms with Crippen molar-refractivity contribution in [1.29, 1.82) is 0 Å². The fourth-order valence-electron chi connectivity index (χ4n) is 6.77. The van der Waals surface area contributed by atoms with E-state index in [-0.39, 0.29) is 42.8 Å². The van der Waals surface area contributed by atoms with Crippen molar-refractivity contribution in [3.05, 3.63) is 255 Å². The van der Waals surface area contributed by atoms with Gasteiger partial charge >= 0.3 is 5.90 Å². The van der Waals surface area contributed by atoms with E-state index in [1.807, 2.05) is 159 Å². The summed E-state index contributed by atoms with van der Waals surface area (Å²) in [5, 5.41) is 58.2. The van der Waals surface area contributed by atoms with E-state index in [0.717, 1.165) is 46.0 Å². The van der Waals surface area contributed by atoms with Gasteiger partial charge in [-0.2, -0.15) is 10.2 Å². The van der Waals surface area contributed by atoms with E-state index in [1.165, 1.54) is 37.8 Å². The average Bonchev–Trinajstić information content (AvgIpc) is 1.77. The topological polar surface area (TPSA) is 368 Å². The molecule has 23 nitrogen and oxygen atoms in total. The van der Waals surface area contributed by atoms with Gasteiger partial charge in [0.05, 0.1) is 38.9 Å². The molecule has 484 valence electrons. The first-order valence-corrected chi connectivity index (χ1v) is 31.6. The van der Waals surface area contributed by atoms with Crippen molar-refractivity contribution in [3.63, 3.8) is 0 Å². The first-order valence-electron chi connectivity index (χ1n) is 28.1. The molecule has 8 aromatic carbocycles. The SMILES string of the molecule is CCN(CC)CC.CCO.CCO.CCOC(=[NH2+])c1ccccc1.N/C(=N/Nc1ccccc1N)c1ccccc1.N/C(=N/Nc1ccccc1[N+](=O)[O-])c1ccccc1.NNc1ccccc1[N+](=O)[O-].PP=S.[Cl-].c1ccc(-c2nnc3ccccc3n2)cc1. The maximum atomic E-state index is 10.8. The van der Waals surface area contributed by atoms with Gasteiger partial charge in [0.25, 0.3) is 11.4 Å². The number of benzene rings is 8. The molecule has 91 heavy (non-hydrogen) atoms. The van der Waals surface area contributed by atoms with Crippen molar-refractivity contribution in [2.75, 3.05) is 61.5 Å². The summed E-state index contributed by atoms with van der Waals surface area (Å²) in [7, 11) is 3.28. The van der Waals surface area contributed by atoms with Crippen molar-refractivity contribution >= 4 is 90.5 Å². The number of rotatable bonds is 15. The smallest absolute Gasteiger partial charge is 0.366 e. The maximum absolute atomic E-state index is 10.8. The number of halogens is 1. The largest absolute Gasteiger partial charge is 1.00 e. The number of hydrazone groups is 2. The molecule has 0 aliphatic carbocycles. The molecule has 1 unspecified atom stereocenters. The quantitative estimate of drug-likeness (QED) is 0.00895. The molecule has 0 amide bonds. The monoisotopic (exact) mass is 1320 g/mol. The lowest BCUT2D eigenvalue weighted by Gasteiger charge is -2.13. The molecule has 0 bridgehead atoms. The van der Waals surface area contributed by atoms with Crippen LogP contribution in [0.25, 0.3) is 22.4 Å². The Balaban J connectivity index is 0.00000106. The summed E-state index contributed by atoms with van der Waals surface area (Å²) in [6, 6.07) is 65.8. The predicted octanol–water partition coefficient (Wildman–Crippen LogP) is 7.66. The van der Waals surface area contributed by atoms with Crippen LogP contribution in [0.2, 0.25) is 0 Å². The molecule has 0 saturated heterocycles. The van der Waals surface area contributed by atoms with E-state index < -0.39 is 9.85 Å². The Kier molecular flexibility index (Phi) is 46.1. The number of anilines is 4. The van der Waals surface area contributed by atoms with Crippen LogP contribution >= 0.6 is 16.0 Å². The third-order valence-electron chi connectivity index (χ3n) is 11.1. The molecule has 1 heterocycles. The van der Waals surface area contributed by atoms with Crippen LogP contribution in [0.3, 0.4) is 0 Å². The van der Waals surface area contributed by atoms with Crippen molar-refractivity contribution in [2.45, 2.75) is 41.5 Å². The molecule has 9 rings (SSSR count). The summed E-state index contributed by atoms with van der Waals surface area (Å²) in [4.78, 5) is 27.0. The molecule has 15 N–H and O–H groups in total. The summed E-state index contributed by atoms with van der Waals surface area (Å²) in [6.45, 7) is 16.5. The Labute approximate surface area is 547 Å². The molecule has 0 fully saturated rings. The summed E-state index contributed by atoms with van der Waals surface area (Å²) in [5.74, 6) is 6.88. The highest BCUT2D eigenvalue weighted by Gasteiger charge is 2.12. The maximum Gasteiger partial charge on any atom is 0.366 e. The fraction of sp³-hybridized carbons (Fsp3) is 0.188. The van der Waals surface area contributed by atoms with E-state index in [1.54, 1.807) is 62.4 Å². The Bertz CT molecular complexity index is 3480. The number of hydrazine groups is 1. The van der Waals surface area contributed by atoms with E-state index in [0.29, 0.717) is 41.2 Å². The van der Waals surface area contributed by atoms with Gasteiger partial charge in [0.15, 0.2) is 17.5 Å². The number of nitrogen functional groups attached to an aromatic ring is 2. The number of nitrogens with one attached hydrogen (secondary N) is 3. The number of fused-ring (bicyclic) bond motifs is 1. The lowest BCUT2D eigenvalue weighted by atomic mass is 10.2. The Morgan fingerprint density at radius 1 is 0.582 bits per heavy atom. The zero-order valence-corrected chi connectivity index (χ0v) is 55.4. The highest BCUT2D eigenvalue weighted by molar-refractivity contribution is 8.24. The van der Waals surface area contributed by atoms with Crippen LogP contribution < -0.4 is 57.1 Å². The normalized spacial score (nSPS) is 9.88. The second kappa shape index (κ2) is 51.4. The fourth-order valence-corrected chi connectivity index (χ4v) is 6.77. The Morgan fingerprint density at radius 3 is 1.33 bits per heavy atom. The van der Waals surface area contributed by atoms with E-state index >= 15 is 0 Å². The lowest BCUT2D eigenvalue weighted by molar-refractivity contribution is -0.384. The van der Waals surface area contributed by atoms with Crippen LogP contribution in [0.4, 0.5) is 34.1 Å².